The van der Waals surface area contributed by atoms with Gasteiger partial charge in [-0.2, -0.15) is 0 Å². The van der Waals surface area contributed by atoms with Crippen molar-refractivity contribution in [3.05, 3.63) is 28.8 Å². The lowest BCUT2D eigenvalue weighted by molar-refractivity contribution is 0.0437. The van der Waals surface area contributed by atoms with E-state index in [1.807, 2.05) is 19.1 Å². The Morgan fingerprint density at radius 2 is 2.00 bits per heavy atom. The molecule has 0 N–H and O–H groups in total. The van der Waals surface area contributed by atoms with Gasteiger partial charge in [0.05, 0.1) is 6.61 Å². The molecule has 4 nitrogen and oxygen atoms in total. The van der Waals surface area contributed by atoms with Crippen molar-refractivity contribution in [2.24, 2.45) is 0 Å². The lowest BCUT2D eigenvalue weighted by Gasteiger charge is -2.14. The number of methoxy groups -OCH3 is 1. The predicted octanol–water partition coefficient (Wildman–Crippen LogP) is 3.50. The number of carbonyl (C=O) groups is 1. The lowest BCUT2D eigenvalue weighted by Crippen LogP contribution is -2.11. The van der Waals surface area contributed by atoms with E-state index in [-0.39, 0.29) is 12.8 Å². The van der Waals surface area contributed by atoms with Crippen LogP contribution in [0.15, 0.2) is 12.1 Å². The highest BCUT2D eigenvalue weighted by atomic mass is 16.7. The normalized spacial score (nSPS) is 10.4. The molecular weight excluding hydrogens is 256 g/mol. The summed E-state index contributed by atoms with van der Waals surface area (Å²) in [6.07, 6.45) is 3.22. The summed E-state index contributed by atoms with van der Waals surface area (Å²) in [5.74, 6) is 0.189. The molecule has 1 aromatic rings. The van der Waals surface area contributed by atoms with Crippen LogP contribution in [0.25, 0.3) is 0 Å². The van der Waals surface area contributed by atoms with E-state index in [1.54, 1.807) is 14.0 Å². The Bertz CT molecular complexity index is 440. The van der Waals surface area contributed by atoms with Gasteiger partial charge in [0.25, 0.3) is 0 Å². The van der Waals surface area contributed by atoms with E-state index in [0.29, 0.717) is 17.9 Å². The molecule has 0 aliphatic rings. The number of benzene rings is 1. The Morgan fingerprint density at radius 1 is 1.25 bits per heavy atom. The summed E-state index contributed by atoms with van der Waals surface area (Å²) in [7, 11) is 1.55. The molecule has 0 saturated carbocycles. The Labute approximate surface area is 121 Å². The van der Waals surface area contributed by atoms with Crippen LogP contribution in [0.3, 0.4) is 0 Å². The molecule has 0 unspecified atom stereocenters. The van der Waals surface area contributed by atoms with Gasteiger partial charge in [-0.15, -0.1) is 0 Å². The van der Waals surface area contributed by atoms with Crippen LogP contribution < -0.4 is 4.74 Å². The largest absolute Gasteiger partial charge is 0.467 e. The van der Waals surface area contributed by atoms with Crippen LogP contribution in [0.1, 0.15) is 48.2 Å². The van der Waals surface area contributed by atoms with Crippen LogP contribution in [-0.2, 0) is 15.9 Å². The Balaban J connectivity index is 3.09. The van der Waals surface area contributed by atoms with Crippen molar-refractivity contribution in [1.82, 2.24) is 0 Å². The first-order chi connectivity index (χ1) is 9.63. The Kier molecular flexibility index (Phi) is 7.09. The van der Waals surface area contributed by atoms with Gasteiger partial charge in [-0.3, -0.25) is 0 Å². The minimum Gasteiger partial charge on any atom is -0.467 e. The average Bonchev–Trinajstić information content (AvgIpc) is 2.42. The van der Waals surface area contributed by atoms with Gasteiger partial charge in [0.15, 0.2) is 6.79 Å². The van der Waals surface area contributed by atoms with Crippen molar-refractivity contribution in [3.8, 4) is 5.75 Å². The monoisotopic (exact) mass is 280 g/mol. The van der Waals surface area contributed by atoms with Gasteiger partial charge in [0, 0.05) is 7.11 Å². The van der Waals surface area contributed by atoms with Crippen molar-refractivity contribution < 1.29 is 19.0 Å². The van der Waals surface area contributed by atoms with Crippen molar-refractivity contribution in [3.63, 3.8) is 0 Å². The average molecular weight is 280 g/mol. The topological polar surface area (TPSA) is 44.8 Å². The summed E-state index contributed by atoms with van der Waals surface area (Å²) in [6.45, 7) is 6.31. The van der Waals surface area contributed by atoms with E-state index in [1.165, 1.54) is 5.56 Å². The maximum atomic E-state index is 12.0. The van der Waals surface area contributed by atoms with E-state index in [9.17, 15) is 4.79 Å². The van der Waals surface area contributed by atoms with Crippen LogP contribution in [0, 0.1) is 6.92 Å². The van der Waals surface area contributed by atoms with Gasteiger partial charge < -0.3 is 14.2 Å². The maximum Gasteiger partial charge on any atom is 0.342 e. The highest BCUT2D eigenvalue weighted by Crippen LogP contribution is 2.26. The smallest absolute Gasteiger partial charge is 0.342 e. The SMILES string of the molecule is CCCCc1cc(C)c(C(=O)OCC)c(OCOC)c1. The first kappa shape index (κ1) is 16.5. The van der Waals surface area contributed by atoms with Crippen molar-refractivity contribution in [2.75, 3.05) is 20.5 Å². The third kappa shape index (κ3) is 4.53. The van der Waals surface area contributed by atoms with Crippen LogP contribution in [0.4, 0.5) is 0 Å². The van der Waals surface area contributed by atoms with Crippen LogP contribution >= 0.6 is 0 Å². The molecule has 20 heavy (non-hydrogen) atoms. The molecule has 0 aliphatic carbocycles. The summed E-state index contributed by atoms with van der Waals surface area (Å²) in [6, 6.07) is 3.94. The van der Waals surface area contributed by atoms with Gasteiger partial charge in [-0.05, 0) is 43.9 Å². The molecule has 0 saturated heterocycles. The highest BCUT2D eigenvalue weighted by molar-refractivity contribution is 5.94. The van der Waals surface area contributed by atoms with Crippen molar-refractivity contribution in [1.29, 1.82) is 0 Å². The summed E-state index contributed by atoms with van der Waals surface area (Å²) in [5, 5.41) is 0. The number of hydrogen-bond acceptors (Lipinski definition) is 4. The molecule has 112 valence electrons. The van der Waals surface area contributed by atoms with Crippen LogP contribution in [0.5, 0.6) is 5.75 Å². The van der Waals surface area contributed by atoms with E-state index in [0.717, 1.165) is 24.8 Å². The second-order valence-electron chi connectivity index (χ2n) is 4.66. The third-order valence-electron chi connectivity index (χ3n) is 2.99. The molecule has 1 rings (SSSR count). The molecular formula is C16H24O4. The predicted molar refractivity (Wildman–Crippen MR) is 78.3 cm³/mol. The fourth-order valence-corrected chi connectivity index (χ4v) is 2.05. The van der Waals surface area contributed by atoms with E-state index >= 15 is 0 Å². The first-order valence-corrected chi connectivity index (χ1v) is 7.06. The zero-order chi connectivity index (χ0) is 15.0. The molecule has 0 atom stereocenters. The van der Waals surface area contributed by atoms with Crippen LogP contribution in [0.2, 0.25) is 0 Å². The molecule has 0 spiro atoms. The molecule has 4 heteroatoms. The molecule has 0 heterocycles. The van der Waals surface area contributed by atoms with E-state index in [2.05, 4.69) is 6.92 Å². The standard InChI is InChI=1S/C16H24O4/c1-5-7-8-13-9-12(3)15(16(17)19-6-2)14(10-13)20-11-18-4/h9-10H,5-8,11H2,1-4H3. The summed E-state index contributed by atoms with van der Waals surface area (Å²) < 4.78 is 15.5. The minimum absolute atomic E-state index is 0.114. The lowest BCUT2D eigenvalue weighted by atomic mass is 10.0. The molecule has 0 aliphatic heterocycles. The maximum absolute atomic E-state index is 12.0. The number of aryl methyl sites for hydroxylation is 2. The number of unbranched alkanes of at least 4 members (excludes halogenated alkanes) is 1. The molecule has 0 fully saturated rings. The van der Waals surface area contributed by atoms with E-state index < -0.39 is 0 Å². The Hall–Kier alpha value is -1.55. The van der Waals surface area contributed by atoms with Crippen LogP contribution in [-0.4, -0.2) is 26.5 Å². The Morgan fingerprint density at radius 3 is 2.60 bits per heavy atom. The van der Waals surface area contributed by atoms with Crippen molar-refractivity contribution >= 4 is 5.97 Å². The van der Waals surface area contributed by atoms with Gasteiger partial charge in [-0.1, -0.05) is 19.4 Å². The molecule has 0 bridgehead atoms. The molecule has 0 radical (unpaired) electrons. The second-order valence-corrected chi connectivity index (χ2v) is 4.66. The number of esters is 1. The molecule has 1 aromatic carbocycles. The third-order valence-corrected chi connectivity index (χ3v) is 2.99. The number of hydrogen-bond donors (Lipinski definition) is 0. The zero-order valence-electron chi connectivity index (χ0n) is 12.8. The fraction of sp³-hybridized carbons (Fsp3) is 0.562. The number of ether oxygens (including phenoxy) is 3. The zero-order valence-corrected chi connectivity index (χ0v) is 12.8. The second kappa shape index (κ2) is 8.59. The highest BCUT2D eigenvalue weighted by Gasteiger charge is 2.18. The molecule has 0 aromatic heterocycles. The van der Waals surface area contributed by atoms with Crippen molar-refractivity contribution in [2.45, 2.75) is 40.0 Å². The number of carbonyl (C=O) groups excluding carboxylic acids is 1. The molecule has 0 amide bonds. The summed E-state index contributed by atoms with van der Waals surface area (Å²) in [5.41, 5.74) is 2.54. The summed E-state index contributed by atoms with van der Waals surface area (Å²) in [4.78, 5) is 12.0. The van der Waals surface area contributed by atoms with Gasteiger partial charge in [0.1, 0.15) is 11.3 Å². The van der Waals surface area contributed by atoms with Gasteiger partial charge >= 0.3 is 5.97 Å². The minimum atomic E-state index is -0.349. The van der Waals surface area contributed by atoms with Gasteiger partial charge in [-0.25, -0.2) is 4.79 Å². The quantitative estimate of drug-likeness (QED) is 0.540. The summed E-state index contributed by atoms with van der Waals surface area (Å²) >= 11 is 0. The fourth-order valence-electron chi connectivity index (χ4n) is 2.05. The van der Waals surface area contributed by atoms with E-state index in [4.69, 9.17) is 14.2 Å². The first-order valence-electron chi connectivity index (χ1n) is 7.06. The van der Waals surface area contributed by atoms with Gasteiger partial charge in [0.2, 0.25) is 0 Å². The number of rotatable bonds is 8.